The summed E-state index contributed by atoms with van der Waals surface area (Å²) in [5.74, 6) is 0.0471. The van der Waals surface area contributed by atoms with Crippen LogP contribution in [0.5, 0.6) is 17.4 Å². The van der Waals surface area contributed by atoms with Gasteiger partial charge in [0, 0.05) is 5.92 Å². The summed E-state index contributed by atoms with van der Waals surface area (Å²) in [5, 5.41) is 24.7. The van der Waals surface area contributed by atoms with Gasteiger partial charge in [0.2, 0.25) is 11.9 Å². The van der Waals surface area contributed by atoms with E-state index in [-0.39, 0.29) is 42.8 Å². The molecule has 1 fully saturated rings. The van der Waals surface area contributed by atoms with Crippen LogP contribution in [0.15, 0.2) is 146 Å². The van der Waals surface area contributed by atoms with Crippen molar-refractivity contribution in [3.63, 3.8) is 0 Å². The van der Waals surface area contributed by atoms with Gasteiger partial charge >= 0.3 is 6.09 Å². The van der Waals surface area contributed by atoms with Crippen LogP contribution in [0.25, 0.3) is 11.2 Å². The minimum atomic E-state index is -1.32. The molecule has 2 aromatic heterocycles. The van der Waals surface area contributed by atoms with E-state index >= 15 is 0 Å². The fourth-order valence-corrected chi connectivity index (χ4v) is 7.83. The average molecular weight is 895 g/mol. The molecule has 340 valence electrons. The number of carbonyl (C=O) groups is 2. The molecule has 5 aromatic carbocycles. The van der Waals surface area contributed by atoms with E-state index in [4.69, 9.17) is 28.4 Å². The summed E-state index contributed by atoms with van der Waals surface area (Å²) < 4.78 is 38.5. The number of nitrogens with one attached hydrogen (secondary N) is 1. The highest BCUT2D eigenvalue weighted by molar-refractivity contribution is 5.98. The van der Waals surface area contributed by atoms with Crippen molar-refractivity contribution in [2.45, 2.75) is 44.0 Å². The van der Waals surface area contributed by atoms with Crippen LogP contribution >= 0.6 is 0 Å². The van der Waals surface area contributed by atoms with Crippen LogP contribution in [-0.2, 0) is 24.6 Å². The molecule has 1 saturated heterocycles. The Labute approximate surface area is 381 Å². The summed E-state index contributed by atoms with van der Waals surface area (Å²) in [5.41, 5.74) is 2.28. The van der Waals surface area contributed by atoms with E-state index in [0.29, 0.717) is 22.9 Å². The largest absolute Gasteiger partial charge is 0.497 e. The normalized spacial score (nSPS) is 17.1. The SMILES string of the molecule is COc1ccc(C(OC[C@H]2O[C@@H](n3cnc4c(OC(=O)N(c5ccccc5)c5ccccc5)nc(NC(=O)C(C)C)nc43)[C@H](OCCO)[C@@H]2O)(c2ccccc2)c2ccc(OC)cc2)cc1. The lowest BCUT2D eigenvalue weighted by molar-refractivity contribution is -0.118. The quantitative estimate of drug-likeness (QED) is 0.0767. The summed E-state index contributed by atoms with van der Waals surface area (Å²) >= 11 is 0. The Kier molecular flexibility index (Phi) is 14.0. The second-order valence-electron chi connectivity index (χ2n) is 15.6. The van der Waals surface area contributed by atoms with Crippen LogP contribution in [0, 0.1) is 5.92 Å². The molecular weight excluding hydrogens is 845 g/mol. The first-order valence-electron chi connectivity index (χ1n) is 21.4. The number of hydrogen-bond donors (Lipinski definition) is 3. The van der Waals surface area contributed by atoms with Crippen molar-refractivity contribution < 1.29 is 48.2 Å². The molecule has 66 heavy (non-hydrogen) atoms. The number of aromatic nitrogens is 4. The molecule has 2 amide bonds. The second-order valence-corrected chi connectivity index (χ2v) is 15.6. The Balaban J connectivity index is 1.18. The first kappa shape index (κ1) is 45.4. The summed E-state index contributed by atoms with van der Waals surface area (Å²) in [6.07, 6.45) is -3.99. The number of benzene rings is 5. The van der Waals surface area contributed by atoms with Gasteiger partial charge in [0.25, 0.3) is 5.88 Å². The summed E-state index contributed by atoms with van der Waals surface area (Å²) in [6, 6.07) is 42.7. The lowest BCUT2D eigenvalue weighted by Gasteiger charge is -2.37. The third-order valence-corrected chi connectivity index (χ3v) is 11.2. The number of nitrogens with zero attached hydrogens (tertiary/aromatic N) is 5. The fourth-order valence-electron chi connectivity index (χ4n) is 7.83. The molecule has 0 radical (unpaired) electrons. The van der Waals surface area contributed by atoms with Crippen molar-refractivity contribution >= 4 is 40.5 Å². The van der Waals surface area contributed by atoms with Crippen molar-refractivity contribution in [3.8, 4) is 17.4 Å². The van der Waals surface area contributed by atoms with Crippen molar-refractivity contribution in [3.05, 3.63) is 163 Å². The fraction of sp³-hybridized carbons (Fsp3) is 0.260. The Morgan fingerprint density at radius 2 is 1.33 bits per heavy atom. The molecule has 7 aromatic rings. The summed E-state index contributed by atoms with van der Waals surface area (Å²) in [4.78, 5) is 42.4. The number of methoxy groups -OCH3 is 2. The number of aliphatic hydroxyl groups is 2. The Hall–Kier alpha value is -7.21. The van der Waals surface area contributed by atoms with Crippen LogP contribution in [0.3, 0.4) is 0 Å². The van der Waals surface area contributed by atoms with Crippen molar-refractivity contribution in [1.82, 2.24) is 19.5 Å². The molecule has 16 heteroatoms. The molecule has 3 heterocycles. The van der Waals surface area contributed by atoms with Crippen molar-refractivity contribution in [1.29, 1.82) is 0 Å². The number of ether oxygens (including phenoxy) is 6. The standard InChI is InChI=1S/C50H50N6O10/c1-32(2)45(59)53-48-52-44-41(46(54-48)66-49(60)56(36-16-10-6-11-17-36)37-18-12-7-13-19-37)51-31-55(44)47-43(63-29-28-57)42(58)40(65-47)30-64-50(33-14-8-5-9-15-33,34-20-24-38(61-3)25-21-34)35-22-26-39(62-4)27-23-35/h5-27,31-32,40,42-43,47,57-58H,28-30H2,1-4H3,(H,52,53,54,59)/t40-,42-,43-,47-/m1/s1. The zero-order chi connectivity index (χ0) is 46.2. The number of para-hydroxylation sites is 2. The van der Waals surface area contributed by atoms with Gasteiger partial charge in [-0.25, -0.2) is 14.7 Å². The highest BCUT2D eigenvalue weighted by atomic mass is 16.6. The molecule has 16 nitrogen and oxygen atoms in total. The van der Waals surface area contributed by atoms with E-state index in [1.54, 1.807) is 76.6 Å². The molecule has 4 atom stereocenters. The second kappa shape index (κ2) is 20.3. The maximum absolute atomic E-state index is 14.2. The van der Waals surface area contributed by atoms with Gasteiger partial charge in [-0.1, -0.05) is 105 Å². The summed E-state index contributed by atoms with van der Waals surface area (Å²) in [7, 11) is 3.20. The minimum absolute atomic E-state index is 0.0489. The van der Waals surface area contributed by atoms with Gasteiger partial charge in [0.1, 0.15) is 35.4 Å². The predicted molar refractivity (Wildman–Crippen MR) is 245 cm³/mol. The van der Waals surface area contributed by atoms with Gasteiger partial charge < -0.3 is 38.6 Å². The van der Waals surface area contributed by atoms with Gasteiger partial charge in [0.15, 0.2) is 17.4 Å². The molecule has 0 saturated carbocycles. The lowest BCUT2D eigenvalue weighted by Crippen LogP contribution is -2.40. The van der Waals surface area contributed by atoms with Gasteiger partial charge in [-0.2, -0.15) is 9.97 Å². The van der Waals surface area contributed by atoms with Crippen LogP contribution in [-0.4, -0.2) is 94.1 Å². The Morgan fingerprint density at radius 1 is 0.788 bits per heavy atom. The van der Waals surface area contributed by atoms with Gasteiger partial charge in [0.05, 0.1) is 51.7 Å². The highest BCUT2D eigenvalue weighted by Gasteiger charge is 2.48. The van der Waals surface area contributed by atoms with Crippen LogP contribution < -0.4 is 24.4 Å². The van der Waals surface area contributed by atoms with E-state index in [2.05, 4.69) is 20.3 Å². The number of fused-ring (bicyclic) bond motifs is 1. The smallest absolute Gasteiger partial charge is 0.425 e. The molecule has 0 spiro atoms. The average Bonchev–Trinajstić information content (AvgIpc) is 3.92. The van der Waals surface area contributed by atoms with Crippen molar-refractivity contribution in [2.75, 3.05) is 44.3 Å². The Morgan fingerprint density at radius 3 is 1.86 bits per heavy atom. The number of rotatable bonds is 17. The summed E-state index contributed by atoms with van der Waals surface area (Å²) in [6.45, 7) is 2.77. The minimum Gasteiger partial charge on any atom is -0.497 e. The first-order chi connectivity index (χ1) is 32.1. The monoisotopic (exact) mass is 894 g/mol. The molecule has 1 aliphatic heterocycles. The maximum atomic E-state index is 14.2. The van der Waals surface area contributed by atoms with Crippen LogP contribution in [0.1, 0.15) is 36.8 Å². The highest BCUT2D eigenvalue weighted by Crippen LogP contribution is 2.44. The topological polar surface area (TPSA) is 189 Å². The van der Waals surface area contributed by atoms with E-state index in [0.717, 1.165) is 16.7 Å². The number of anilines is 3. The molecule has 0 aliphatic carbocycles. The number of aliphatic hydroxyl groups excluding tert-OH is 2. The zero-order valence-corrected chi connectivity index (χ0v) is 36.8. The number of imidazole rings is 1. The van der Waals surface area contributed by atoms with Gasteiger partial charge in [-0.3, -0.25) is 14.7 Å². The van der Waals surface area contributed by atoms with Crippen molar-refractivity contribution in [2.24, 2.45) is 5.92 Å². The Bertz CT molecular complexity index is 2620. The predicted octanol–water partition coefficient (Wildman–Crippen LogP) is 7.42. The van der Waals surface area contributed by atoms with Gasteiger partial charge in [-0.05, 0) is 65.2 Å². The number of hydrogen-bond acceptors (Lipinski definition) is 13. The number of amides is 2. The number of carbonyl (C=O) groups excluding carboxylic acids is 2. The molecule has 0 unspecified atom stereocenters. The van der Waals surface area contributed by atoms with E-state index < -0.39 is 48.1 Å². The van der Waals surface area contributed by atoms with Crippen LogP contribution in [0.2, 0.25) is 0 Å². The third kappa shape index (κ3) is 9.31. The van der Waals surface area contributed by atoms with Crippen LogP contribution in [0.4, 0.5) is 22.1 Å². The molecule has 3 N–H and O–H groups in total. The van der Waals surface area contributed by atoms with E-state index in [1.165, 1.54) is 15.8 Å². The van der Waals surface area contributed by atoms with Gasteiger partial charge in [-0.15, -0.1) is 0 Å². The first-order valence-corrected chi connectivity index (χ1v) is 21.4. The van der Waals surface area contributed by atoms with E-state index in [9.17, 15) is 19.8 Å². The zero-order valence-electron chi connectivity index (χ0n) is 36.8. The molecule has 1 aliphatic rings. The van der Waals surface area contributed by atoms with E-state index in [1.807, 2.05) is 91.0 Å². The third-order valence-electron chi connectivity index (χ3n) is 11.2. The molecule has 0 bridgehead atoms. The lowest BCUT2D eigenvalue weighted by atomic mass is 9.80. The maximum Gasteiger partial charge on any atom is 0.425 e. The molecule has 8 rings (SSSR count). The molecular formula is C50H50N6O10.